The molecule has 0 bridgehead atoms. The number of rotatable bonds is 1. The quantitative estimate of drug-likeness (QED) is 0.614. The van der Waals surface area contributed by atoms with Crippen LogP contribution in [0.1, 0.15) is 0 Å². The van der Waals surface area contributed by atoms with Gasteiger partial charge < -0.3 is 9.66 Å². The molecular formula is C6H3Cl2CsO4S. The first-order chi connectivity index (χ1) is 5.82. The van der Waals surface area contributed by atoms with E-state index in [1.165, 1.54) is 0 Å². The third kappa shape index (κ3) is 3.85. The van der Waals surface area contributed by atoms with E-state index in [4.69, 9.17) is 28.3 Å². The normalized spacial score (nSPS) is 10.8. The second kappa shape index (κ2) is 5.76. The molecule has 0 atom stereocenters. The molecule has 0 spiro atoms. The number of hydrogen-bond acceptors (Lipinski definition) is 4. The number of hydrogen-bond donors (Lipinski definition) is 1. The Morgan fingerprint density at radius 1 is 1.29 bits per heavy atom. The monoisotopic (exact) mass is 374 g/mol. The molecule has 0 saturated carbocycles. The fraction of sp³-hybridized carbons (Fsp3) is 0. The van der Waals surface area contributed by atoms with E-state index in [-0.39, 0.29) is 78.9 Å². The SMILES string of the molecule is O=S(=O)([O-])c1cc(Cl)cc(Cl)c1O.[Cs+]. The molecule has 0 heterocycles. The Balaban J connectivity index is 0.00000169. The number of aromatic hydroxyl groups is 1. The van der Waals surface area contributed by atoms with Crippen molar-refractivity contribution in [1.82, 2.24) is 0 Å². The van der Waals surface area contributed by atoms with Gasteiger partial charge in [-0.3, -0.25) is 0 Å². The molecule has 72 valence electrons. The maximum Gasteiger partial charge on any atom is 1.00 e. The van der Waals surface area contributed by atoms with E-state index in [0.29, 0.717) is 0 Å². The van der Waals surface area contributed by atoms with E-state index in [9.17, 15) is 13.0 Å². The summed E-state index contributed by atoms with van der Waals surface area (Å²) in [7, 11) is -4.75. The van der Waals surface area contributed by atoms with Gasteiger partial charge in [0.25, 0.3) is 0 Å². The van der Waals surface area contributed by atoms with Crippen LogP contribution >= 0.6 is 23.2 Å². The van der Waals surface area contributed by atoms with E-state index >= 15 is 0 Å². The fourth-order valence-electron chi connectivity index (χ4n) is 0.733. The van der Waals surface area contributed by atoms with Gasteiger partial charge >= 0.3 is 68.9 Å². The van der Waals surface area contributed by atoms with Crippen molar-refractivity contribution in [3.05, 3.63) is 22.2 Å². The summed E-state index contributed by atoms with van der Waals surface area (Å²) < 4.78 is 31.6. The molecule has 1 rings (SSSR count). The van der Waals surface area contributed by atoms with Crippen molar-refractivity contribution >= 4 is 33.3 Å². The maximum absolute atomic E-state index is 10.5. The van der Waals surface area contributed by atoms with Crippen LogP contribution in [-0.2, 0) is 10.1 Å². The average molecular weight is 375 g/mol. The first-order valence-corrected chi connectivity index (χ1v) is 5.12. The van der Waals surface area contributed by atoms with Crippen molar-refractivity contribution in [2.24, 2.45) is 0 Å². The molecule has 0 unspecified atom stereocenters. The van der Waals surface area contributed by atoms with Crippen LogP contribution in [0.25, 0.3) is 0 Å². The van der Waals surface area contributed by atoms with Gasteiger partial charge in [-0.05, 0) is 12.1 Å². The summed E-state index contributed by atoms with van der Waals surface area (Å²) in [6.07, 6.45) is 0. The van der Waals surface area contributed by atoms with E-state index in [2.05, 4.69) is 0 Å². The minimum atomic E-state index is -4.75. The van der Waals surface area contributed by atoms with Crippen molar-refractivity contribution in [3.8, 4) is 5.75 Å². The van der Waals surface area contributed by atoms with Gasteiger partial charge in [0.15, 0.2) is 5.75 Å². The van der Waals surface area contributed by atoms with Crippen molar-refractivity contribution in [2.45, 2.75) is 4.90 Å². The number of benzene rings is 1. The third-order valence-corrected chi connectivity index (χ3v) is 2.62. The minimum absolute atomic E-state index is 0. The Bertz CT molecular complexity index is 445. The van der Waals surface area contributed by atoms with Crippen LogP contribution in [-0.4, -0.2) is 18.1 Å². The van der Waals surface area contributed by atoms with Crippen molar-refractivity contribution in [1.29, 1.82) is 0 Å². The molecule has 0 aliphatic heterocycles. The molecule has 0 aliphatic carbocycles. The largest absolute Gasteiger partial charge is 1.00 e. The summed E-state index contributed by atoms with van der Waals surface area (Å²) in [5.41, 5.74) is 0. The molecule has 0 aromatic heterocycles. The van der Waals surface area contributed by atoms with Crippen LogP contribution in [0.3, 0.4) is 0 Å². The summed E-state index contributed by atoms with van der Waals surface area (Å²) in [5.74, 6) is -0.777. The van der Waals surface area contributed by atoms with Gasteiger partial charge in [0, 0.05) is 5.02 Å². The maximum atomic E-state index is 10.5. The number of halogens is 2. The van der Waals surface area contributed by atoms with Gasteiger partial charge in [-0.15, -0.1) is 0 Å². The van der Waals surface area contributed by atoms with E-state index < -0.39 is 20.8 Å². The van der Waals surface area contributed by atoms with E-state index in [0.717, 1.165) is 12.1 Å². The van der Waals surface area contributed by atoms with Crippen molar-refractivity contribution < 1.29 is 87.0 Å². The van der Waals surface area contributed by atoms with Crippen LogP contribution in [0.2, 0.25) is 10.0 Å². The Morgan fingerprint density at radius 3 is 2.21 bits per heavy atom. The zero-order chi connectivity index (χ0) is 10.2. The van der Waals surface area contributed by atoms with Crippen LogP contribution in [0.4, 0.5) is 0 Å². The van der Waals surface area contributed by atoms with Crippen molar-refractivity contribution in [3.63, 3.8) is 0 Å². The zero-order valence-electron chi connectivity index (χ0n) is 6.99. The first-order valence-electron chi connectivity index (χ1n) is 2.96. The predicted molar refractivity (Wildman–Crippen MR) is 46.1 cm³/mol. The summed E-state index contributed by atoms with van der Waals surface area (Å²) in [5, 5.41) is 8.78. The Morgan fingerprint density at radius 2 is 1.79 bits per heavy atom. The Hall–Kier alpha value is 1.56. The second-order valence-electron chi connectivity index (χ2n) is 2.19. The molecule has 8 heteroatoms. The van der Waals surface area contributed by atoms with Gasteiger partial charge in [-0.1, -0.05) is 23.2 Å². The summed E-state index contributed by atoms with van der Waals surface area (Å²) in [6.45, 7) is 0. The summed E-state index contributed by atoms with van der Waals surface area (Å²) in [6, 6.07) is 1.97. The smallest absolute Gasteiger partial charge is 0.744 e. The Kier molecular flexibility index (Phi) is 6.40. The molecular weight excluding hydrogens is 372 g/mol. The van der Waals surface area contributed by atoms with E-state index in [1.54, 1.807) is 0 Å². The minimum Gasteiger partial charge on any atom is -0.744 e. The molecule has 0 radical (unpaired) electrons. The average Bonchev–Trinajstić information content (AvgIpc) is 1.94. The number of phenols is 1. The summed E-state index contributed by atoms with van der Waals surface area (Å²) in [4.78, 5) is -0.815. The molecule has 1 aromatic carbocycles. The van der Waals surface area contributed by atoms with Crippen LogP contribution in [0.5, 0.6) is 5.75 Å². The van der Waals surface area contributed by atoms with Gasteiger partial charge in [-0.2, -0.15) is 0 Å². The van der Waals surface area contributed by atoms with Gasteiger partial charge in [0.05, 0.1) is 9.92 Å². The van der Waals surface area contributed by atoms with Gasteiger partial charge in [-0.25, -0.2) is 8.42 Å². The summed E-state index contributed by atoms with van der Waals surface area (Å²) >= 11 is 10.8. The number of phenolic OH excluding ortho intramolecular Hbond substituents is 1. The molecule has 0 amide bonds. The molecule has 4 nitrogen and oxygen atoms in total. The molecule has 0 fully saturated rings. The van der Waals surface area contributed by atoms with Crippen LogP contribution in [0, 0.1) is 0 Å². The topological polar surface area (TPSA) is 77.4 Å². The molecule has 14 heavy (non-hydrogen) atoms. The van der Waals surface area contributed by atoms with Gasteiger partial charge in [0.2, 0.25) is 0 Å². The predicted octanol–water partition coefficient (Wildman–Crippen LogP) is -1.39. The third-order valence-electron chi connectivity index (χ3n) is 1.26. The zero-order valence-corrected chi connectivity index (χ0v) is 15.6. The van der Waals surface area contributed by atoms with Crippen LogP contribution < -0.4 is 68.9 Å². The molecule has 1 N–H and O–H groups in total. The molecule has 0 saturated heterocycles. The van der Waals surface area contributed by atoms with Crippen LogP contribution in [0.15, 0.2) is 17.0 Å². The van der Waals surface area contributed by atoms with E-state index in [1.807, 2.05) is 0 Å². The van der Waals surface area contributed by atoms with Crippen molar-refractivity contribution in [2.75, 3.05) is 0 Å². The Labute approximate surface area is 150 Å². The fourth-order valence-corrected chi connectivity index (χ4v) is 1.97. The standard InChI is InChI=1S/C6H4Cl2O4S.Cs/c7-3-1-4(8)6(9)5(2-3)13(10,11)12;/h1-2,9H,(H,10,11,12);/q;+1/p-1. The molecule has 1 aromatic rings. The van der Waals surface area contributed by atoms with Gasteiger partial charge in [0.1, 0.15) is 10.1 Å². The second-order valence-corrected chi connectivity index (χ2v) is 4.38. The first kappa shape index (κ1) is 15.6. The molecule has 0 aliphatic rings.